The van der Waals surface area contributed by atoms with Gasteiger partial charge in [0.05, 0.1) is 12.0 Å². The summed E-state index contributed by atoms with van der Waals surface area (Å²) in [5, 5.41) is 3.43. The fourth-order valence-electron chi connectivity index (χ4n) is 1.43. The number of aromatic nitrogens is 2. The van der Waals surface area contributed by atoms with Gasteiger partial charge in [0.15, 0.2) is 0 Å². The summed E-state index contributed by atoms with van der Waals surface area (Å²) in [6, 6.07) is 0. The third kappa shape index (κ3) is 3.50. The van der Waals surface area contributed by atoms with Gasteiger partial charge in [-0.2, -0.15) is 0 Å². The van der Waals surface area contributed by atoms with Crippen LogP contribution in [0.2, 0.25) is 0 Å². The van der Waals surface area contributed by atoms with E-state index in [4.69, 9.17) is 0 Å². The fraction of sp³-hybridized carbons (Fsp3) is 0.727. The molecule has 0 aliphatic carbocycles. The van der Waals surface area contributed by atoms with Crippen LogP contribution >= 0.6 is 0 Å². The minimum Gasteiger partial charge on any atom is -0.333 e. The molecule has 3 heteroatoms. The highest BCUT2D eigenvalue weighted by Gasteiger charge is 2.00. The lowest BCUT2D eigenvalue weighted by Gasteiger charge is -2.09. The lowest BCUT2D eigenvalue weighted by molar-refractivity contribution is 0.532. The van der Waals surface area contributed by atoms with Gasteiger partial charge in [-0.05, 0) is 18.9 Å². The molecule has 1 aromatic heterocycles. The molecule has 0 spiro atoms. The largest absolute Gasteiger partial charge is 0.333 e. The molecule has 0 unspecified atom stereocenters. The minimum absolute atomic E-state index is 0.706. The van der Waals surface area contributed by atoms with E-state index in [1.165, 1.54) is 5.69 Å². The van der Waals surface area contributed by atoms with Crippen LogP contribution in [0, 0.1) is 5.92 Å². The molecule has 14 heavy (non-hydrogen) atoms. The first-order valence-corrected chi connectivity index (χ1v) is 5.43. The quantitative estimate of drug-likeness (QED) is 0.752. The van der Waals surface area contributed by atoms with Crippen LogP contribution in [0.25, 0.3) is 0 Å². The molecule has 3 nitrogen and oxygen atoms in total. The highest BCUT2D eigenvalue weighted by Crippen LogP contribution is 2.00. The van der Waals surface area contributed by atoms with E-state index in [9.17, 15) is 0 Å². The predicted molar refractivity (Wildman–Crippen MR) is 59.1 cm³/mol. The number of rotatable bonds is 6. The van der Waals surface area contributed by atoms with Crippen molar-refractivity contribution in [2.45, 2.75) is 40.3 Å². The molecule has 0 saturated heterocycles. The molecule has 0 aromatic carbocycles. The molecule has 0 atom stereocenters. The third-order valence-corrected chi connectivity index (χ3v) is 2.12. The summed E-state index contributed by atoms with van der Waals surface area (Å²) in [6.07, 6.45) is 5.02. The first-order chi connectivity index (χ1) is 6.74. The second kappa shape index (κ2) is 5.81. The normalized spacial score (nSPS) is 11.1. The van der Waals surface area contributed by atoms with Crippen LogP contribution in [-0.4, -0.2) is 16.1 Å². The smallest absolute Gasteiger partial charge is 0.0948 e. The first-order valence-electron chi connectivity index (χ1n) is 5.43. The van der Waals surface area contributed by atoms with Crippen molar-refractivity contribution in [2.24, 2.45) is 5.92 Å². The Bertz CT molecular complexity index is 253. The Kier molecular flexibility index (Phi) is 4.66. The van der Waals surface area contributed by atoms with Crippen molar-refractivity contribution in [2.75, 3.05) is 6.54 Å². The Morgan fingerprint density at radius 2 is 2.29 bits per heavy atom. The average molecular weight is 195 g/mol. The second-order valence-corrected chi connectivity index (χ2v) is 4.10. The summed E-state index contributed by atoms with van der Waals surface area (Å²) in [7, 11) is 0. The molecular weight excluding hydrogens is 174 g/mol. The van der Waals surface area contributed by atoms with E-state index in [1.807, 2.05) is 12.5 Å². The molecule has 0 aliphatic heterocycles. The van der Waals surface area contributed by atoms with Crippen molar-refractivity contribution in [3.05, 3.63) is 18.2 Å². The molecule has 80 valence electrons. The maximum absolute atomic E-state index is 4.16. The SMILES string of the molecule is CCCn1cncc1CNCC(C)C. The van der Waals surface area contributed by atoms with Crippen LogP contribution in [0.5, 0.6) is 0 Å². The van der Waals surface area contributed by atoms with Gasteiger partial charge in [0.1, 0.15) is 0 Å². The van der Waals surface area contributed by atoms with E-state index in [0.717, 1.165) is 26.1 Å². The molecule has 0 radical (unpaired) electrons. The number of hydrogen-bond acceptors (Lipinski definition) is 2. The zero-order valence-electron chi connectivity index (χ0n) is 9.45. The van der Waals surface area contributed by atoms with Crippen LogP contribution < -0.4 is 5.32 Å². The monoisotopic (exact) mass is 195 g/mol. The number of nitrogens with zero attached hydrogens (tertiary/aromatic N) is 2. The van der Waals surface area contributed by atoms with Gasteiger partial charge in [-0.3, -0.25) is 0 Å². The summed E-state index contributed by atoms with van der Waals surface area (Å²) in [5.41, 5.74) is 1.28. The number of aryl methyl sites for hydroxylation is 1. The maximum Gasteiger partial charge on any atom is 0.0948 e. The number of nitrogens with one attached hydrogen (secondary N) is 1. The van der Waals surface area contributed by atoms with Crippen molar-refractivity contribution in [1.82, 2.24) is 14.9 Å². The highest BCUT2D eigenvalue weighted by atomic mass is 15.1. The highest BCUT2D eigenvalue weighted by molar-refractivity contribution is 4.97. The van der Waals surface area contributed by atoms with Gasteiger partial charge in [0, 0.05) is 19.3 Å². The molecule has 0 saturated carbocycles. The zero-order valence-corrected chi connectivity index (χ0v) is 9.45. The summed E-state index contributed by atoms with van der Waals surface area (Å²) < 4.78 is 2.22. The molecule has 1 rings (SSSR count). The van der Waals surface area contributed by atoms with E-state index in [-0.39, 0.29) is 0 Å². The van der Waals surface area contributed by atoms with E-state index in [0.29, 0.717) is 5.92 Å². The van der Waals surface area contributed by atoms with Gasteiger partial charge < -0.3 is 9.88 Å². The first kappa shape index (κ1) is 11.2. The van der Waals surface area contributed by atoms with Gasteiger partial charge in [0.2, 0.25) is 0 Å². The Balaban J connectivity index is 2.37. The second-order valence-electron chi connectivity index (χ2n) is 4.10. The standard InChI is InChI=1S/C11H21N3/c1-4-5-14-9-13-8-11(14)7-12-6-10(2)3/h8-10,12H,4-7H2,1-3H3. The van der Waals surface area contributed by atoms with E-state index in [1.54, 1.807) is 0 Å². The summed E-state index contributed by atoms with van der Waals surface area (Å²) >= 11 is 0. The molecule has 1 heterocycles. The predicted octanol–water partition coefficient (Wildman–Crippen LogP) is 2.04. The molecule has 1 aromatic rings. The van der Waals surface area contributed by atoms with Gasteiger partial charge >= 0.3 is 0 Å². The Hall–Kier alpha value is -0.830. The molecule has 0 amide bonds. The Morgan fingerprint density at radius 1 is 1.50 bits per heavy atom. The van der Waals surface area contributed by atoms with Crippen LogP contribution in [0.4, 0.5) is 0 Å². The zero-order chi connectivity index (χ0) is 10.4. The van der Waals surface area contributed by atoms with E-state index in [2.05, 4.69) is 35.6 Å². The van der Waals surface area contributed by atoms with Gasteiger partial charge in [-0.15, -0.1) is 0 Å². The van der Waals surface area contributed by atoms with Crippen LogP contribution in [0.3, 0.4) is 0 Å². The molecule has 1 N–H and O–H groups in total. The lowest BCUT2D eigenvalue weighted by Crippen LogP contribution is -2.20. The number of imidazole rings is 1. The van der Waals surface area contributed by atoms with Gasteiger partial charge in [-0.25, -0.2) is 4.98 Å². The third-order valence-electron chi connectivity index (χ3n) is 2.12. The topological polar surface area (TPSA) is 29.9 Å². The van der Waals surface area contributed by atoms with Crippen molar-refractivity contribution >= 4 is 0 Å². The Morgan fingerprint density at radius 3 is 2.93 bits per heavy atom. The van der Waals surface area contributed by atoms with Crippen molar-refractivity contribution < 1.29 is 0 Å². The number of hydrogen-bond donors (Lipinski definition) is 1. The van der Waals surface area contributed by atoms with Crippen molar-refractivity contribution in [3.8, 4) is 0 Å². The molecule has 0 aliphatic rings. The Labute approximate surface area is 86.5 Å². The van der Waals surface area contributed by atoms with Gasteiger partial charge in [0.25, 0.3) is 0 Å². The van der Waals surface area contributed by atoms with Gasteiger partial charge in [-0.1, -0.05) is 20.8 Å². The summed E-state index contributed by atoms with van der Waals surface area (Å²) in [6.45, 7) is 9.69. The minimum atomic E-state index is 0.706. The van der Waals surface area contributed by atoms with E-state index < -0.39 is 0 Å². The summed E-state index contributed by atoms with van der Waals surface area (Å²) in [4.78, 5) is 4.16. The average Bonchev–Trinajstić information content (AvgIpc) is 2.53. The molecule has 0 fully saturated rings. The molecule has 0 bridgehead atoms. The lowest BCUT2D eigenvalue weighted by atomic mass is 10.2. The van der Waals surface area contributed by atoms with Crippen LogP contribution in [0.1, 0.15) is 32.9 Å². The van der Waals surface area contributed by atoms with Crippen LogP contribution in [0.15, 0.2) is 12.5 Å². The van der Waals surface area contributed by atoms with Crippen molar-refractivity contribution in [3.63, 3.8) is 0 Å². The van der Waals surface area contributed by atoms with Crippen molar-refractivity contribution in [1.29, 1.82) is 0 Å². The fourth-order valence-corrected chi connectivity index (χ4v) is 1.43. The van der Waals surface area contributed by atoms with E-state index >= 15 is 0 Å². The summed E-state index contributed by atoms with van der Waals surface area (Å²) in [5.74, 6) is 0.706. The molecular formula is C11H21N3. The maximum atomic E-state index is 4.16. The van der Waals surface area contributed by atoms with Crippen LogP contribution in [-0.2, 0) is 13.1 Å².